The molecule has 0 aromatic heterocycles. The molecule has 0 atom stereocenters. The summed E-state index contributed by atoms with van der Waals surface area (Å²) in [5.41, 5.74) is 1.19. The molecule has 1 aliphatic heterocycles. The number of carbonyl (C=O) groups is 3. The van der Waals surface area contributed by atoms with Gasteiger partial charge in [-0.15, -0.1) is 0 Å². The van der Waals surface area contributed by atoms with Gasteiger partial charge in [0.2, 0.25) is 0 Å². The van der Waals surface area contributed by atoms with Crippen LogP contribution in [-0.2, 0) is 9.59 Å². The van der Waals surface area contributed by atoms with Crippen LogP contribution in [0.4, 0.5) is 10.5 Å². The van der Waals surface area contributed by atoms with Gasteiger partial charge in [0.15, 0.2) is 0 Å². The summed E-state index contributed by atoms with van der Waals surface area (Å²) in [5.74, 6) is -1.01. The van der Waals surface area contributed by atoms with Crippen LogP contribution in [0.25, 0.3) is 6.08 Å². The van der Waals surface area contributed by atoms with Gasteiger partial charge in [0, 0.05) is 12.2 Å². The lowest BCUT2D eigenvalue weighted by Crippen LogP contribution is -2.39. The Morgan fingerprint density at radius 3 is 2.38 bits per heavy atom. The molecule has 1 aromatic carbocycles. The van der Waals surface area contributed by atoms with Crippen molar-refractivity contribution in [1.29, 1.82) is 0 Å². The molecule has 5 nitrogen and oxygen atoms in total. The molecule has 1 saturated carbocycles. The van der Waals surface area contributed by atoms with Crippen molar-refractivity contribution >= 4 is 75.4 Å². The first-order chi connectivity index (χ1) is 13.6. The van der Waals surface area contributed by atoms with Crippen molar-refractivity contribution in [3.05, 3.63) is 34.7 Å². The smallest absolute Gasteiger partial charge is 0.293 e. The summed E-state index contributed by atoms with van der Waals surface area (Å²) in [6.45, 7) is 2.63. The molecule has 1 heterocycles. The van der Waals surface area contributed by atoms with Crippen LogP contribution in [0.2, 0.25) is 0 Å². The topological polar surface area (TPSA) is 66.5 Å². The van der Waals surface area contributed by atoms with Crippen LogP contribution in [0.1, 0.15) is 44.6 Å². The van der Waals surface area contributed by atoms with Gasteiger partial charge in [-0.2, -0.15) is 0 Å². The lowest BCUT2D eigenvalue weighted by molar-refractivity contribution is -0.124. The van der Waals surface area contributed by atoms with Crippen molar-refractivity contribution in [2.24, 2.45) is 5.41 Å². The Kier molecular flexibility index (Phi) is 6.88. The Bertz CT molecular complexity index is 844. The zero-order valence-electron chi connectivity index (χ0n) is 15.8. The van der Waals surface area contributed by atoms with Gasteiger partial charge >= 0.3 is 0 Å². The molecule has 156 valence electrons. The maximum absolute atomic E-state index is 12.8. The summed E-state index contributed by atoms with van der Waals surface area (Å²) < 4.78 is -2.05. The first-order valence-electron chi connectivity index (χ1n) is 9.31. The van der Waals surface area contributed by atoms with Crippen LogP contribution in [0, 0.1) is 5.41 Å². The molecule has 0 spiro atoms. The fourth-order valence-electron chi connectivity index (χ4n) is 3.60. The van der Waals surface area contributed by atoms with Crippen LogP contribution >= 0.6 is 46.6 Å². The van der Waals surface area contributed by atoms with Crippen LogP contribution in [0.3, 0.4) is 0 Å². The molecule has 3 rings (SSSR count). The van der Waals surface area contributed by atoms with Gasteiger partial charge in [-0.05, 0) is 53.8 Å². The fraction of sp³-hybridized carbons (Fsp3) is 0.450. The van der Waals surface area contributed by atoms with E-state index in [4.69, 9.17) is 34.8 Å². The summed E-state index contributed by atoms with van der Waals surface area (Å²) in [4.78, 5) is 38.6. The van der Waals surface area contributed by atoms with Gasteiger partial charge in [-0.3, -0.25) is 19.3 Å². The molecule has 1 N–H and O–H groups in total. The zero-order chi connectivity index (χ0) is 21.2. The molecular weight excluding hydrogens is 455 g/mol. The molecule has 2 fully saturated rings. The molecule has 3 amide bonds. The van der Waals surface area contributed by atoms with E-state index in [9.17, 15) is 14.4 Å². The molecule has 0 bridgehead atoms. The van der Waals surface area contributed by atoms with Gasteiger partial charge in [-0.25, -0.2) is 0 Å². The van der Waals surface area contributed by atoms with Crippen molar-refractivity contribution in [1.82, 2.24) is 4.90 Å². The van der Waals surface area contributed by atoms with E-state index < -0.39 is 9.70 Å². The van der Waals surface area contributed by atoms with Gasteiger partial charge < -0.3 is 5.32 Å². The van der Waals surface area contributed by atoms with Gasteiger partial charge in [0.1, 0.15) is 0 Å². The number of hydrogen-bond donors (Lipinski definition) is 1. The number of alkyl halides is 3. The number of carbonyl (C=O) groups excluding carboxylic acids is 3. The fourth-order valence-corrected chi connectivity index (χ4v) is 4.58. The van der Waals surface area contributed by atoms with E-state index in [1.807, 2.05) is 0 Å². The van der Waals surface area contributed by atoms with E-state index in [1.165, 1.54) is 11.3 Å². The molecule has 1 aromatic rings. The Balaban J connectivity index is 1.68. The van der Waals surface area contributed by atoms with Crippen molar-refractivity contribution in [2.75, 3.05) is 11.9 Å². The second-order valence-corrected chi connectivity index (χ2v) is 11.0. The molecule has 29 heavy (non-hydrogen) atoms. The second kappa shape index (κ2) is 8.88. The summed E-state index contributed by atoms with van der Waals surface area (Å²) in [5, 5.41) is 2.26. The third-order valence-electron chi connectivity index (χ3n) is 5.20. The molecule has 0 radical (unpaired) electrons. The second-order valence-electron chi connectivity index (χ2n) is 7.71. The maximum Gasteiger partial charge on any atom is 0.293 e. The molecule has 1 aliphatic carbocycles. The quantitative estimate of drug-likeness (QED) is 0.428. The van der Waals surface area contributed by atoms with E-state index in [-0.39, 0.29) is 16.6 Å². The first-order valence-corrected chi connectivity index (χ1v) is 11.3. The standard InChI is InChI=1S/C20H21Cl3N2O3S/c1-19(9-3-2-4-10-19)12-25-16(26)15(29-18(25)28)11-13-5-7-14(8-6-13)24-17(27)20(21,22)23/h5-8,11H,2-4,9-10,12H2,1H3,(H,24,27). The lowest BCUT2D eigenvalue weighted by atomic mass is 9.75. The van der Waals surface area contributed by atoms with E-state index in [1.54, 1.807) is 30.3 Å². The van der Waals surface area contributed by atoms with Crippen LogP contribution in [-0.4, -0.2) is 32.3 Å². The number of benzene rings is 1. The summed E-state index contributed by atoms with van der Waals surface area (Å²) in [7, 11) is 0. The molecular formula is C20H21Cl3N2O3S. The average molecular weight is 476 g/mol. The summed E-state index contributed by atoms with van der Waals surface area (Å²) >= 11 is 17.6. The highest BCUT2D eigenvalue weighted by Crippen LogP contribution is 2.40. The minimum Gasteiger partial charge on any atom is -0.322 e. The Hall–Kier alpha value is -1.21. The molecule has 9 heteroatoms. The van der Waals surface area contributed by atoms with Gasteiger partial charge in [0.05, 0.1) is 4.91 Å². The minimum absolute atomic E-state index is 0.00190. The number of halogens is 3. The number of nitrogens with one attached hydrogen (secondary N) is 1. The third-order valence-corrected chi connectivity index (χ3v) is 6.62. The van der Waals surface area contributed by atoms with E-state index in [0.29, 0.717) is 17.1 Å². The lowest BCUT2D eigenvalue weighted by Gasteiger charge is -2.35. The van der Waals surface area contributed by atoms with Crippen LogP contribution < -0.4 is 5.32 Å². The molecule has 2 aliphatic rings. The Labute approximate surface area is 189 Å². The monoisotopic (exact) mass is 474 g/mol. The number of anilines is 1. The SMILES string of the molecule is CC1(CN2C(=O)SC(=Cc3ccc(NC(=O)C(Cl)(Cl)Cl)cc3)C2=O)CCCCC1. The maximum atomic E-state index is 12.8. The number of nitrogens with zero attached hydrogens (tertiary/aromatic N) is 1. The Morgan fingerprint density at radius 2 is 1.79 bits per heavy atom. The van der Waals surface area contributed by atoms with Crippen molar-refractivity contribution in [3.63, 3.8) is 0 Å². The van der Waals surface area contributed by atoms with E-state index in [0.717, 1.165) is 43.0 Å². The summed E-state index contributed by atoms with van der Waals surface area (Å²) in [6.07, 6.45) is 7.25. The normalized spacial score (nSPS) is 21.0. The van der Waals surface area contributed by atoms with E-state index in [2.05, 4.69) is 12.2 Å². The van der Waals surface area contributed by atoms with Gasteiger partial charge in [0.25, 0.3) is 20.8 Å². The third kappa shape index (κ3) is 5.69. The number of imide groups is 1. The number of thioether (sulfide) groups is 1. The minimum atomic E-state index is -2.05. The average Bonchev–Trinajstić information content (AvgIpc) is 2.90. The molecule has 0 unspecified atom stereocenters. The predicted octanol–water partition coefficient (Wildman–Crippen LogP) is 6.00. The van der Waals surface area contributed by atoms with Crippen LogP contribution in [0.15, 0.2) is 29.2 Å². The highest BCUT2D eigenvalue weighted by Gasteiger charge is 2.40. The first kappa shape index (κ1) is 22.5. The van der Waals surface area contributed by atoms with Crippen LogP contribution in [0.5, 0.6) is 0 Å². The highest BCUT2D eigenvalue weighted by molar-refractivity contribution is 8.18. The summed E-state index contributed by atoms with van der Waals surface area (Å²) in [6, 6.07) is 6.69. The van der Waals surface area contributed by atoms with Crippen molar-refractivity contribution in [3.8, 4) is 0 Å². The largest absolute Gasteiger partial charge is 0.322 e. The number of amides is 3. The number of rotatable bonds is 4. The zero-order valence-corrected chi connectivity index (χ0v) is 18.9. The molecule has 1 saturated heterocycles. The highest BCUT2D eigenvalue weighted by atomic mass is 35.6. The van der Waals surface area contributed by atoms with E-state index >= 15 is 0 Å². The Morgan fingerprint density at radius 1 is 1.17 bits per heavy atom. The van der Waals surface area contributed by atoms with Gasteiger partial charge in [-0.1, -0.05) is 73.1 Å². The predicted molar refractivity (Wildman–Crippen MR) is 119 cm³/mol. The van der Waals surface area contributed by atoms with Crippen molar-refractivity contribution in [2.45, 2.75) is 42.8 Å². The number of hydrogen-bond acceptors (Lipinski definition) is 4. The van der Waals surface area contributed by atoms with Crippen molar-refractivity contribution < 1.29 is 14.4 Å².